The molecule has 0 bridgehead atoms. The Morgan fingerprint density at radius 1 is 1.29 bits per heavy atom. The molecule has 0 aliphatic carbocycles. The fraction of sp³-hybridized carbons (Fsp3) is 0.562. The molecule has 1 atom stereocenters. The summed E-state index contributed by atoms with van der Waals surface area (Å²) in [5.41, 5.74) is 1.12. The van der Waals surface area contributed by atoms with Crippen molar-refractivity contribution in [3.8, 4) is 11.5 Å². The molecular formula is C16H26N2O3. The lowest BCUT2D eigenvalue weighted by Gasteiger charge is -2.14. The van der Waals surface area contributed by atoms with E-state index in [4.69, 9.17) is 9.47 Å². The summed E-state index contributed by atoms with van der Waals surface area (Å²) < 4.78 is 10.8. The maximum absolute atomic E-state index is 11.4. The van der Waals surface area contributed by atoms with Crippen LogP contribution in [0, 0.1) is 0 Å². The average Bonchev–Trinajstić information content (AvgIpc) is 2.51. The number of benzene rings is 1. The molecule has 0 saturated heterocycles. The molecule has 0 radical (unpaired) electrons. The molecule has 2 N–H and O–H groups in total. The number of ether oxygens (including phenoxy) is 2. The van der Waals surface area contributed by atoms with Crippen LogP contribution in [0.1, 0.15) is 32.8 Å². The molecule has 1 amide bonds. The van der Waals surface area contributed by atoms with Gasteiger partial charge in [0.1, 0.15) is 0 Å². The first-order valence-electron chi connectivity index (χ1n) is 7.40. The van der Waals surface area contributed by atoms with Crippen molar-refractivity contribution >= 4 is 5.91 Å². The van der Waals surface area contributed by atoms with E-state index in [0.717, 1.165) is 18.5 Å². The lowest BCUT2D eigenvalue weighted by Crippen LogP contribution is -2.28. The van der Waals surface area contributed by atoms with Crippen molar-refractivity contribution in [2.75, 3.05) is 20.3 Å². The lowest BCUT2D eigenvalue weighted by molar-refractivity contribution is -0.123. The number of hydrogen-bond acceptors (Lipinski definition) is 4. The summed E-state index contributed by atoms with van der Waals surface area (Å²) in [4.78, 5) is 11.4. The lowest BCUT2D eigenvalue weighted by atomic mass is 10.1. The van der Waals surface area contributed by atoms with Crippen LogP contribution in [-0.2, 0) is 11.3 Å². The second-order valence-electron chi connectivity index (χ2n) is 4.92. The molecule has 5 nitrogen and oxygen atoms in total. The second-order valence-corrected chi connectivity index (χ2v) is 4.92. The number of carbonyl (C=O) groups is 1. The molecule has 0 aliphatic rings. The molecule has 0 heterocycles. The Balaban J connectivity index is 2.63. The van der Waals surface area contributed by atoms with E-state index in [1.165, 1.54) is 0 Å². The topological polar surface area (TPSA) is 59.6 Å². The summed E-state index contributed by atoms with van der Waals surface area (Å²) in [6.07, 6.45) is 1.09. The third-order valence-electron chi connectivity index (χ3n) is 3.23. The minimum absolute atomic E-state index is 0.00529. The molecule has 118 valence electrons. The first-order chi connectivity index (χ1) is 10.1. The van der Waals surface area contributed by atoms with Gasteiger partial charge in [0.25, 0.3) is 5.91 Å². The molecule has 0 aliphatic heterocycles. The van der Waals surface area contributed by atoms with Crippen molar-refractivity contribution in [2.24, 2.45) is 0 Å². The van der Waals surface area contributed by atoms with Crippen LogP contribution in [0.5, 0.6) is 11.5 Å². The van der Waals surface area contributed by atoms with Gasteiger partial charge in [-0.15, -0.1) is 0 Å². The fourth-order valence-electron chi connectivity index (χ4n) is 1.77. The van der Waals surface area contributed by atoms with Gasteiger partial charge in [0.15, 0.2) is 18.1 Å². The second kappa shape index (κ2) is 9.23. The van der Waals surface area contributed by atoms with Crippen molar-refractivity contribution < 1.29 is 14.3 Å². The number of likely N-dealkylation sites (N-methyl/N-ethyl adjacent to an activating group) is 1. The van der Waals surface area contributed by atoms with Gasteiger partial charge in [0, 0.05) is 19.1 Å². The zero-order valence-electron chi connectivity index (χ0n) is 13.4. The SMILES string of the molecule is CCNC(=O)COc1ccc(CNC(C)CC)cc1OC. The Kier molecular flexibility index (Phi) is 7.61. The Hall–Kier alpha value is -1.75. The summed E-state index contributed by atoms with van der Waals surface area (Å²) in [7, 11) is 1.60. The molecule has 0 aromatic heterocycles. The molecule has 0 spiro atoms. The van der Waals surface area contributed by atoms with E-state index >= 15 is 0 Å². The van der Waals surface area contributed by atoms with Crippen molar-refractivity contribution in [1.29, 1.82) is 0 Å². The zero-order valence-corrected chi connectivity index (χ0v) is 13.4. The van der Waals surface area contributed by atoms with Crippen molar-refractivity contribution in [3.05, 3.63) is 23.8 Å². The number of carbonyl (C=O) groups excluding carboxylic acids is 1. The predicted molar refractivity (Wildman–Crippen MR) is 83.8 cm³/mol. The van der Waals surface area contributed by atoms with E-state index in [9.17, 15) is 4.79 Å². The third-order valence-corrected chi connectivity index (χ3v) is 3.23. The molecule has 1 rings (SSSR count). The first-order valence-corrected chi connectivity index (χ1v) is 7.40. The van der Waals surface area contributed by atoms with Crippen LogP contribution >= 0.6 is 0 Å². The van der Waals surface area contributed by atoms with Gasteiger partial charge in [-0.1, -0.05) is 13.0 Å². The zero-order chi connectivity index (χ0) is 15.7. The van der Waals surface area contributed by atoms with E-state index < -0.39 is 0 Å². The van der Waals surface area contributed by atoms with Crippen molar-refractivity contribution in [3.63, 3.8) is 0 Å². The molecule has 21 heavy (non-hydrogen) atoms. The van der Waals surface area contributed by atoms with Crippen molar-refractivity contribution in [1.82, 2.24) is 10.6 Å². The van der Waals surface area contributed by atoms with Gasteiger partial charge in [-0.2, -0.15) is 0 Å². The summed E-state index contributed by atoms with van der Waals surface area (Å²) in [5.74, 6) is 1.08. The van der Waals surface area contributed by atoms with Crippen LogP contribution < -0.4 is 20.1 Å². The summed E-state index contributed by atoms with van der Waals surface area (Å²) in [6, 6.07) is 6.23. The van der Waals surface area contributed by atoms with Gasteiger partial charge in [-0.05, 0) is 38.0 Å². The standard InChI is InChI=1S/C16H26N2O3/c1-5-12(3)18-10-13-7-8-14(15(9-13)20-4)21-11-16(19)17-6-2/h7-9,12,18H,5-6,10-11H2,1-4H3,(H,17,19). The third kappa shape index (κ3) is 6.04. The fourth-order valence-corrected chi connectivity index (χ4v) is 1.77. The van der Waals surface area contributed by atoms with Crippen LogP contribution in [-0.4, -0.2) is 32.2 Å². The Morgan fingerprint density at radius 2 is 2.05 bits per heavy atom. The number of amides is 1. The molecule has 0 fully saturated rings. The highest BCUT2D eigenvalue weighted by Crippen LogP contribution is 2.28. The van der Waals surface area contributed by atoms with E-state index in [-0.39, 0.29) is 12.5 Å². The molecule has 0 saturated carbocycles. The average molecular weight is 294 g/mol. The highest BCUT2D eigenvalue weighted by atomic mass is 16.5. The quantitative estimate of drug-likeness (QED) is 0.732. The van der Waals surface area contributed by atoms with E-state index in [1.807, 2.05) is 25.1 Å². The molecule has 1 aromatic carbocycles. The Bertz CT molecular complexity index is 449. The maximum atomic E-state index is 11.4. The number of methoxy groups -OCH3 is 1. The highest BCUT2D eigenvalue weighted by molar-refractivity contribution is 5.77. The van der Waals surface area contributed by atoms with E-state index in [1.54, 1.807) is 7.11 Å². The van der Waals surface area contributed by atoms with Gasteiger partial charge in [-0.3, -0.25) is 4.79 Å². The van der Waals surface area contributed by atoms with Crippen LogP contribution in [0.15, 0.2) is 18.2 Å². The number of hydrogen-bond donors (Lipinski definition) is 2. The minimum Gasteiger partial charge on any atom is -0.493 e. The van der Waals surface area contributed by atoms with Gasteiger partial charge in [0.05, 0.1) is 7.11 Å². The summed E-state index contributed by atoms with van der Waals surface area (Å²) >= 11 is 0. The highest BCUT2D eigenvalue weighted by Gasteiger charge is 2.08. The molecule has 1 unspecified atom stereocenters. The van der Waals surface area contributed by atoms with Crippen molar-refractivity contribution in [2.45, 2.75) is 39.8 Å². The monoisotopic (exact) mass is 294 g/mol. The van der Waals surface area contributed by atoms with Crippen LogP contribution in [0.25, 0.3) is 0 Å². The van der Waals surface area contributed by atoms with Gasteiger partial charge in [-0.25, -0.2) is 0 Å². The minimum atomic E-state index is -0.137. The molecule has 5 heteroatoms. The van der Waals surface area contributed by atoms with Gasteiger partial charge < -0.3 is 20.1 Å². The van der Waals surface area contributed by atoms with Crippen LogP contribution in [0.3, 0.4) is 0 Å². The van der Waals surface area contributed by atoms with Gasteiger partial charge >= 0.3 is 0 Å². The van der Waals surface area contributed by atoms with Crippen LogP contribution in [0.2, 0.25) is 0 Å². The molecule has 1 aromatic rings. The van der Waals surface area contributed by atoms with E-state index in [0.29, 0.717) is 24.1 Å². The Labute approximate surface area is 127 Å². The number of rotatable bonds is 9. The largest absolute Gasteiger partial charge is 0.493 e. The van der Waals surface area contributed by atoms with Crippen LogP contribution in [0.4, 0.5) is 0 Å². The Morgan fingerprint density at radius 3 is 2.67 bits per heavy atom. The van der Waals surface area contributed by atoms with E-state index in [2.05, 4.69) is 24.5 Å². The smallest absolute Gasteiger partial charge is 0.257 e. The number of nitrogens with one attached hydrogen (secondary N) is 2. The summed E-state index contributed by atoms with van der Waals surface area (Å²) in [6.45, 7) is 7.55. The predicted octanol–water partition coefficient (Wildman–Crippen LogP) is 2.10. The maximum Gasteiger partial charge on any atom is 0.257 e. The summed E-state index contributed by atoms with van der Waals surface area (Å²) in [5, 5.41) is 6.11. The first kappa shape index (κ1) is 17.3. The van der Waals surface area contributed by atoms with Gasteiger partial charge in [0.2, 0.25) is 0 Å². The molecular weight excluding hydrogens is 268 g/mol. The normalized spacial score (nSPS) is 11.8.